The molecule has 0 radical (unpaired) electrons. The molecule has 3 aromatic rings. The van der Waals surface area contributed by atoms with Crippen LogP contribution in [0.5, 0.6) is 0 Å². The summed E-state index contributed by atoms with van der Waals surface area (Å²) in [6, 6.07) is 10.3. The van der Waals surface area contributed by atoms with E-state index in [0.717, 1.165) is 13.0 Å². The SMILES string of the molecule is c1ccc([C@@H](CCn2cncn2)Nc2ncncn2)cc1. The number of aryl methyl sites for hydroxylation is 1. The zero-order chi connectivity index (χ0) is 14.3. The molecule has 2 heterocycles. The Hall–Kier alpha value is -2.83. The monoisotopic (exact) mass is 281 g/mol. The molecule has 1 aromatic carbocycles. The summed E-state index contributed by atoms with van der Waals surface area (Å²) in [5.41, 5.74) is 1.18. The first-order valence-corrected chi connectivity index (χ1v) is 6.68. The minimum atomic E-state index is 0.0952. The maximum Gasteiger partial charge on any atom is 0.226 e. The van der Waals surface area contributed by atoms with Crippen LogP contribution < -0.4 is 5.32 Å². The van der Waals surface area contributed by atoms with Crippen LogP contribution in [0.1, 0.15) is 18.0 Å². The molecule has 0 amide bonds. The summed E-state index contributed by atoms with van der Waals surface area (Å²) in [6.45, 7) is 0.762. The summed E-state index contributed by atoms with van der Waals surface area (Å²) in [4.78, 5) is 16.0. The molecular weight excluding hydrogens is 266 g/mol. The molecule has 0 fully saturated rings. The molecule has 1 N–H and O–H groups in total. The minimum absolute atomic E-state index is 0.0952. The average Bonchev–Trinajstić information content (AvgIpc) is 3.07. The van der Waals surface area contributed by atoms with Crippen molar-refractivity contribution >= 4 is 5.95 Å². The van der Waals surface area contributed by atoms with Crippen molar-refractivity contribution in [3.05, 3.63) is 61.2 Å². The van der Waals surface area contributed by atoms with E-state index < -0.39 is 0 Å². The van der Waals surface area contributed by atoms with Gasteiger partial charge in [0.05, 0.1) is 6.04 Å². The Kier molecular flexibility index (Phi) is 4.11. The first-order valence-electron chi connectivity index (χ1n) is 6.68. The standard InChI is InChI=1S/C14H15N7/c1-2-4-12(5-3-1)13(6-7-21-11-16-10-19-21)20-14-17-8-15-9-18-14/h1-5,8-11,13H,6-7H2,(H,15,17,18,20)/t13-/m1/s1. The molecule has 1 atom stereocenters. The van der Waals surface area contributed by atoms with Crippen molar-refractivity contribution in [1.29, 1.82) is 0 Å². The molecule has 0 aliphatic heterocycles. The van der Waals surface area contributed by atoms with Gasteiger partial charge in [0.2, 0.25) is 5.95 Å². The van der Waals surface area contributed by atoms with Crippen LogP contribution in [0.2, 0.25) is 0 Å². The number of aromatic nitrogens is 6. The minimum Gasteiger partial charge on any atom is -0.347 e. The van der Waals surface area contributed by atoms with E-state index in [1.165, 1.54) is 24.5 Å². The van der Waals surface area contributed by atoms with E-state index >= 15 is 0 Å². The van der Waals surface area contributed by atoms with Gasteiger partial charge >= 0.3 is 0 Å². The second-order valence-corrected chi connectivity index (χ2v) is 4.52. The largest absolute Gasteiger partial charge is 0.347 e. The Balaban J connectivity index is 1.74. The van der Waals surface area contributed by atoms with Gasteiger partial charge < -0.3 is 5.32 Å². The third-order valence-electron chi connectivity index (χ3n) is 3.11. The fraction of sp³-hybridized carbons (Fsp3) is 0.214. The molecule has 0 bridgehead atoms. The quantitative estimate of drug-likeness (QED) is 0.740. The molecule has 7 nitrogen and oxygen atoms in total. The lowest BCUT2D eigenvalue weighted by Gasteiger charge is -2.18. The maximum atomic E-state index is 4.13. The number of anilines is 1. The third-order valence-corrected chi connectivity index (χ3v) is 3.11. The van der Waals surface area contributed by atoms with Gasteiger partial charge in [-0.25, -0.2) is 19.9 Å². The molecule has 21 heavy (non-hydrogen) atoms. The molecule has 3 rings (SSSR count). The van der Waals surface area contributed by atoms with Gasteiger partial charge in [0.15, 0.2) is 0 Å². The Labute approximate surface area is 122 Å². The lowest BCUT2D eigenvalue weighted by molar-refractivity contribution is 0.536. The van der Waals surface area contributed by atoms with Gasteiger partial charge in [-0.05, 0) is 12.0 Å². The van der Waals surface area contributed by atoms with E-state index in [2.05, 4.69) is 42.5 Å². The summed E-state index contributed by atoms with van der Waals surface area (Å²) in [5.74, 6) is 0.567. The van der Waals surface area contributed by atoms with Crippen LogP contribution in [0, 0.1) is 0 Å². The number of hydrogen-bond acceptors (Lipinski definition) is 6. The molecule has 0 aliphatic carbocycles. The molecule has 0 saturated carbocycles. The van der Waals surface area contributed by atoms with Crippen LogP contribution >= 0.6 is 0 Å². The van der Waals surface area contributed by atoms with Crippen molar-refractivity contribution in [3.8, 4) is 0 Å². The van der Waals surface area contributed by atoms with Crippen LogP contribution in [0.3, 0.4) is 0 Å². The topological polar surface area (TPSA) is 81.4 Å². The van der Waals surface area contributed by atoms with E-state index in [9.17, 15) is 0 Å². The second kappa shape index (κ2) is 6.56. The molecule has 0 unspecified atom stereocenters. The van der Waals surface area contributed by atoms with Crippen LogP contribution in [0.15, 0.2) is 55.6 Å². The second-order valence-electron chi connectivity index (χ2n) is 4.52. The Morgan fingerprint density at radius 3 is 2.52 bits per heavy atom. The summed E-state index contributed by atoms with van der Waals surface area (Å²) in [6.07, 6.45) is 7.06. The predicted molar refractivity (Wildman–Crippen MR) is 77.3 cm³/mol. The van der Waals surface area contributed by atoms with E-state index in [1.807, 2.05) is 22.9 Å². The Morgan fingerprint density at radius 2 is 1.81 bits per heavy atom. The van der Waals surface area contributed by atoms with Crippen molar-refractivity contribution in [1.82, 2.24) is 29.7 Å². The molecule has 7 heteroatoms. The molecule has 0 saturated heterocycles. The van der Waals surface area contributed by atoms with Gasteiger partial charge in [0.25, 0.3) is 0 Å². The summed E-state index contributed by atoms with van der Waals surface area (Å²) in [5, 5.41) is 7.46. The number of rotatable bonds is 6. The Morgan fingerprint density at radius 1 is 1.00 bits per heavy atom. The third kappa shape index (κ3) is 3.59. The molecular formula is C14H15N7. The highest BCUT2D eigenvalue weighted by Gasteiger charge is 2.12. The highest BCUT2D eigenvalue weighted by Crippen LogP contribution is 2.20. The lowest BCUT2D eigenvalue weighted by atomic mass is 10.0. The average molecular weight is 281 g/mol. The van der Waals surface area contributed by atoms with Gasteiger partial charge in [0.1, 0.15) is 25.3 Å². The van der Waals surface area contributed by atoms with Crippen LogP contribution in [0.25, 0.3) is 0 Å². The molecule has 0 aliphatic rings. The van der Waals surface area contributed by atoms with Gasteiger partial charge in [-0.3, -0.25) is 4.68 Å². The van der Waals surface area contributed by atoms with Crippen molar-refractivity contribution in [2.24, 2.45) is 0 Å². The van der Waals surface area contributed by atoms with E-state index in [1.54, 1.807) is 6.33 Å². The fourth-order valence-corrected chi connectivity index (χ4v) is 2.09. The predicted octanol–water partition coefficient (Wildman–Crippen LogP) is 1.71. The maximum absolute atomic E-state index is 4.13. The highest BCUT2D eigenvalue weighted by atomic mass is 15.3. The highest BCUT2D eigenvalue weighted by molar-refractivity contribution is 5.30. The van der Waals surface area contributed by atoms with Crippen LogP contribution in [-0.2, 0) is 6.54 Å². The molecule has 106 valence electrons. The molecule has 0 spiro atoms. The van der Waals surface area contributed by atoms with Crippen molar-refractivity contribution in [3.63, 3.8) is 0 Å². The van der Waals surface area contributed by atoms with E-state index in [-0.39, 0.29) is 6.04 Å². The number of nitrogens with zero attached hydrogens (tertiary/aromatic N) is 6. The fourth-order valence-electron chi connectivity index (χ4n) is 2.09. The summed E-state index contributed by atoms with van der Waals surface area (Å²) in [7, 11) is 0. The van der Waals surface area contributed by atoms with Gasteiger partial charge in [-0.15, -0.1) is 0 Å². The van der Waals surface area contributed by atoms with Crippen molar-refractivity contribution in [2.45, 2.75) is 19.0 Å². The number of benzene rings is 1. The first-order chi connectivity index (χ1) is 10.4. The van der Waals surface area contributed by atoms with Crippen LogP contribution in [-0.4, -0.2) is 29.7 Å². The number of nitrogens with one attached hydrogen (secondary N) is 1. The van der Waals surface area contributed by atoms with E-state index in [0.29, 0.717) is 5.95 Å². The number of hydrogen-bond donors (Lipinski definition) is 1. The van der Waals surface area contributed by atoms with Gasteiger partial charge in [-0.2, -0.15) is 5.10 Å². The summed E-state index contributed by atoms with van der Waals surface area (Å²) < 4.78 is 1.81. The molecule has 2 aromatic heterocycles. The first kappa shape index (κ1) is 13.2. The zero-order valence-corrected chi connectivity index (χ0v) is 11.4. The normalized spacial score (nSPS) is 12.0. The summed E-state index contributed by atoms with van der Waals surface area (Å²) >= 11 is 0. The smallest absolute Gasteiger partial charge is 0.226 e. The lowest BCUT2D eigenvalue weighted by Crippen LogP contribution is -2.15. The van der Waals surface area contributed by atoms with Crippen molar-refractivity contribution in [2.75, 3.05) is 5.32 Å². The van der Waals surface area contributed by atoms with Gasteiger partial charge in [0, 0.05) is 6.54 Å². The van der Waals surface area contributed by atoms with E-state index in [4.69, 9.17) is 0 Å². The Bertz CT molecular complexity index is 640. The zero-order valence-electron chi connectivity index (χ0n) is 11.4. The van der Waals surface area contributed by atoms with Gasteiger partial charge in [-0.1, -0.05) is 30.3 Å². The van der Waals surface area contributed by atoms with Crippen molar-refractivity contribution < 1.29 is 0 Å². The van der Waals surface area contributed by atoms with Crippen LogP contribution in [0.4, 0.5) is 5.95 Å².